The van der Waals surface area contributed by atoms with E-state index in [0.717, 1.165) is 11.3 Å². The molecular weight excluding hydrogens is 314 g/mol. The Hall–Kier alpha value is -3.41. The summed E-state index contributed by atoms with van der Waals surface area (Å²) in [6.07, 6.45) is 3.42. The summed E-state index contributed by atoms with van der Waals surface area (Å²) in [6.45, 7) is 4.11. The van der Waals surface area contributed by atoms with Crippen LogP contribution in [0, 0.1) is 13.8 Å². The van der Waals surface area contributed by atoms with Gasteiger partial charge in [-0.3, -0.25) is 4.98 Å². The van der Waals surface area contributed by atoms with Crippen LogP contribution in [0.5, 0.6) is 5.75 Å². The summed E-state index contributed by atoms with van der Waals surface area (Å²) >= 11 is 0. The first kappa shape index (κ1) is 15.1. The number of phenols is 1. The Morgan fingerprint density at radius 1 is 1.04 bits per heavy atom. The van der Waals surface area contributed by atoms with Gasteiger partial charge in [0.15, 0.2) is 5.65 Å². The number of nitrogens with zero attached hydrogens (tertiary/aromatic N) is 4. The van der Waals surface area contributed by atoms with Crippen molar-refractivity contribution < 1.29 is 5.11 Å². The topological polar surface area (TPSA) is 75.3 Å². The Kier molecular flexibility index (Phi) is 3.57. The van der Waals surface area contributed by atoms with Gasteiger partial charge < -0.3 is 10.4 Å². The maximum Gasteiger partial charge on any atom is 0.247 e. The SMILES string of the molecule is Cc1cc(C)cc(Nc2nc3c(-c4cccc(O)c4)nccn3n2)c1. The van der Waals surface area contributed by atoms with E-state index >= 15 is 0 Å². The van der Waals surface area contributed by atoms with Gasteiger partial charge in [-0.2, -0.15) is 4.98 Å². The summed E-state index contributed by atoms with van der Waals surface area (Å²) in [7, 11) is 0. The van der Waals surface area contributed by atoms with Gasteiger partial charge in [0.25, 0.3) is 0 Å². The highest BCUT2D eigenvalue weighted by molar-refractivity contribution is 5.75. The molecule has 124 valence electrons. The fraction of sp³-hybridized carbons (Fsp3) is 0.105. The predicted octanol–water partition coefficient (Wildman–Crippen LogP) is 3.86. The summed E-state index contributed by atoms with van der Waals surface area (Å²) < 4.78 is 1.68. The number of nitrogens with one attached hydrogen (secondary N) is 1. The molecule has 0 saturated heterocycles. The molecule has 4 aromatic rings. The van der Waals surface area contributed by atoms with Crippen molar-refractivity contribution in [3.05, 3.63) is 66.0 Å². The Balaban J connectivity index is 1.77. The van der Waals surface area contributed by atoms with Crippen LogP contribution >= 0.6 is 0 Å². The van der Waals surface area contributed by atoms with Crippen molar-refractivity contribution in [1.82, 2.24) is 19.6 Å². The van der Waals surface area contributed by atoms with Crippen LogP contribution in [-0.4, -0.2) is 24.7 Å². The van der Waals surface area contributed by atoms with Gasteiger partial charge in [-0.15, -0.1) is 5.10 Å². The first-order chi connectivity index (χ1) is 12.1. The Morgan fingerprint density at radius 3 is 2.60 bits per heavy atom. The van der Waals surface area contributed by atoms with Gasteiger partial charge in [0.05, 0.1) is 0 Å². The first-order valence-electron chi connectivity index (χ1n) is 7.94. The van der Waals surface area contributed by atoms with Crippen LogP contribution in [0.25, 0.3) is 16.9 Å². The minimum absolute atomic E-state index is 0.189. The van der Waals surface area contributed by atoms with Crippen LogP contribution in [0.15, 0.2) is 54.9 Å². The molecule has 0 amide bonds. The second kappa shape index (κ2) is 5.90. The fourth-order valence-electron chi connectivity index (χ4n) is 2.90. The first-order valence-corrected chi connectivity index (χ1v) is 7.94. The number of benzene rings is 2. The number of hydrogen-bond acceptors (Lipinski definition) is 5. The Morgan fingerprint density at radius 2 is 1.84 bits per heavy atom. The lowest BCUT2D eigenvalue weighted by Crippen LogP contribution is -1.94. The summed E-state index contributed by atoms with van der Waals surface area (Å²) in [4.78, 5) is 8.97. The second-order valence-corrected chi connectivity index (χ2v) is 6.03. The lowest BCUT2D eigenvalue weighted by Gasteiger charge is -2.04. The van der Waals surface area contributed by atoms with Gasteiger partial charge in [-0.1, -0.05) is 18.2 Å². The van der Waals surface area contributed by atoms with E-state index in [1.54, 1.807) is 35.1 Å². The van der Waals surface area contributed by atoms with Crippen LogP contribution < -0.4 is 5.32 Å². The summed E-state index contributed by atoms with van der Waals surface area (Å²) in [5.74, 6) is 0.689. The maximum absolute atomic E-state index is 9.72. The van der Waals surface area contributed by atoms with Crippen molar-refractivity contribution in [2.45, 2.75) is 13.8 Å². The van der Waals surface area contributed by atoms with Crippen LogP contribution in [0.2, 0.25) is 0 Å². The van der Waals surface area contributed by atoms with Crippen LogP contribution in [-0.2, 0) is 0 Å². The molecule has 0 aliphatic rings. The third-order valence-electron chi connectivity index (χ3n) is 3.85. The number of anilines is 2. The summed E-state index contributed by atoms with van der Waals surface area (Å²) in [6, 6.07) is 13.2. The number of fused-ring (bicyclic) bond motifs is 1. The van der Waals surface area contributed by atoms with E-state index in [-0.39, 0.29) is 5.75 Å². The van der Waals surface area contributed by atoms with Gasteiger partial charge >= 0.3 is 0 Å². The molecule has 0 unspecified atom stereocenters. The average Bonchev–Trinajstić information content (AvgIpc) is 2.96. The Bertz CT molecular complexity index is 1050. The largest absolute Gasteiger partial charge is 0.508 e. The second-order valence-electron chi connectivity index (χ2n) is 6.03. The van der Waals surface area contributed by atoms with E-state index in [9.17, 15) is 5.11 Å². The number of hydrogen-bond donors (Lipinski definition) is 2. The fourth-order valence-corrected chi connectivity index (χ4v) is 2.90. The molecule has 2 heterocycles. The van der Waals surface area contributed by atoms with Crippen molar-refractivity contribution in [2.24, 2.45) is 0 Å². The number of rotatable bonds is 3. The normalized spacial score (nSPS) is 11.0. The smallest absolute Gasteiger partial charge is 0.247 e. The van der Waals surface area contributed by atoms with E-state index in [1.165, 1.54) is 11.1 Å². The zero-order valence-electron chi connectivity index (χ0n) is 13.9. The predicted molar refractivity (Wildman–Crippen MR) is 97.1 cm³/mol. The van der Waals surface area contributed by atoms with Crippen molar-refractivity contribution in [3.63, 3.8) is 0 Å². The molecule has 0 bridgehead atoms. The van der Waals surface area contributed by atoms with Gasteiger partial charge in [-0.05, 0) is 49.2 Å². The van der Waals surface area contributed by atoms with E-state index in [4.69, 9.17) is 0 Å². The van der Waals surface area contributed by atoms with E-state index in [1.807, 2.05) is 18.2 Å². The van der Waals surface area contributed by atoms with Crippen LogP contribution in [0.3, 0.4) is 0 Å². The van der Waals surface area contributed by atoms with Crippen molar-refractivity contribution in [1.29, 1.82) is 0 Å². The molecule has 2 N–H and O–H groups in total. The molecule has 0 radical (unpaired) electrons. The molecule has 0 aliphatic carbocycles. The average molecular weight is 331 g/mol. The third kappa shape index (κ3) is 3.01. The summed E-state index contributed by atoms with van der Waals surface area (Å²) in [5, 5.41) is 17.4. The van der Waals surface area contributed by atoms with Crippen molar-refractivity contribution >= 4 is 17.3 Å². The minimum atomic E-state index is 0.189. The molecule has 2 aromatic heterocycles. The van der Waals surface area contributed by atoms with Crippen molar-refractivity contribution in [3.8, 4) is 17.0 Å². The third-order valence-corrected chi connectivity index (χ3v) is 3.85. The zero-order valence-corrected chi connectivity index (χ0v) is 13.9. The molecule has 6 nitrogen and oxygen atoms in total. The van der Waals surface area contributed by atoms with Crippen LogP contribution in [0.4, 0.5) is 11.6 Å². The van der Waals surface area contributed by atoms with Gasteiger partial charge in [0.2, 0.25) is 5.95 Å². The molecule has 0 saturated carbocycles. The zero-order chi connectivity index (χ0) is 17.4. The monoisotopic (exact) mass is 331 g/mol. The summed E-state index contributed by atoms with van der Waals surface area (Å²) in [5.41, 5.74) is 5.37. The van der Waals surface area contributed by atoms with Crippen LogP contribution in [0.1, 0.15) is 11.1 Å². The van der Waals surface area contributed by atoms with Gasteiger partial charge in [0, 0.05) is 23.6 Å². The van der Waals surface area contributed by atoms with E-state index in [0.29, 0.717) is 17.3 Å². The number of phenolic OH excluding ortho intramolecular Hbond substituents is 1. The highest BCUT2D eigenvalue weighted by atomic mass is 16.3. The van der Waals surface area contributed by atoms with Gasteiger partial charge in [0.1, 0.15) is 11.4 Å². The standard InChI is InChI=1S/C19H17N5O/c1-12-8-13(2)10-15(9-12)21-19-22-18-17(20-6-7-24(18)23-19)14-4-3-5-16(25)11-14/h3-11,25H,1-2H3,(H,21,23). The minimum Gasteiger partial charge on any atom is -0.508 e. The quantitative estimate of drug-likeness (QED) is 0.596. The Labute approximate surface area is 144 Å². The van der Waals surface area contributed by atoms with Gasteiger partial charge in [-0.25, -0.2) is 4.52 Å². The molecule has 4 rings (SSSR count). The maximum atomic E-state index is 9.72. The lowest BCUT2D eigenvalue weighted by molar-refractivity contribution is 0.475. The number of aromatic nitrogens is 4. The molecular formula is C19H17N5O. The van der Waals surface area contributed by atoms with Crippen molar-refractivity contribution in [2.75, 3.05) is 5.32 Å². The molecule has 6 heteroatoms. The molecule has 0 atom stereocenters. The number of aryl methyl sites for hydroxylation is 2. The van der Waals surface area contributed by atoms with E-state index in [2.05, 4.69) is 40.3 Å². The highest BCUT2D eigenvalue weighted by Gasteiger charge is 2.12. The lowest BCUT2D eigenvalue weighted by atomic mass is 10.1. The number of aromatic hydroxyl groups is 1. The molecule has 0 fully saturated rings. The molecule has 0 aliphatic heterocycles. The van der Waals surface area contributed by atoms with E-state index < -0.39 is 0 Å². The highest BCUT2D eigenvalue weighted by Crippen LogP contribution is 2.25. The molecule has 2 aromatic carbocycles. The molecule has 0 spiro atoms. The molecule has 25 heavy (non-hydrogen) atoms.